The van der Waals surface area contributed by atoms with E-state index in [1.807, 2.05) is 6.07 Å². The van der Waals surface area contributed by atoms with E-state index in [9.17, 15) is 9.90 Å². The van der Waals surface area contributed by atoms with Gasteiger partial charge in [0.05, 0.1) is 5.56 Å². The molecule has 1 atom stereocenters. The minimum absolute atomic E-state index is 0.0768. The summed E-state index contributed by atoms with van der Waals surface area (Å²) >= 11 is 0. The van der Waals surface area contributed by atoms with Crippen molar-refractivity contribution in [2.75, 3.05) is 40.1 Å². The molecule has 4 N–H and O–H groups in total. The van der Waals surface area contributed by atoms with Crippen LogP contribution in [-0.2, 0) is 4.74 Å². The lowest BCUT2D eigenvalue weighted by Gasteiger charge is -2.14. The topological polar surface area (TPSA) is 116 Å². The van der Waals surface area contributed by atoms with Gasteiger partial charge >= 0.3 is 6.03 Å². The van der Waals surface area contributed by atoms with Crippen LogP contribution in [0.1, 0.15) is 5.56 Å². The Bertz CT molecular complexity index is 518. The Balaban J connectivity index is 2.12. The number of nitriles is 1. The number of nitrogens with one attached hydrogen (secondary N) is 3. The molecule has 0 saturated carbocycles. The van der Waals surface area contributed by atoms with E-state index >= 15 is 0 Å². The molecule has 0 fully saturated rings. The number of carbonyl (C=O) groups excluding carboxylic acids is 1. The highest BCUT2D eigenvalue weighted by molar-refractivity contribution is 5.73. The van der Waals surface area contributed by atoms with E-state index in [0.29, 0.717) is 30.9 Å². The lowest BCUT2D eigenvalue weighted by molar-refractivity contribution is 0.106. The van der Waals surface area contributed by atoms with Gasteiger partial charge in [-0.3, -0.25) is 0 Å². The molecule has 2 amide bonds. The minimum Gasteiger partial charge on any atom is -0.489 e. The smallest absolute Gasteiger partial charge is 0.316 e. The second-order valence-electron chi connectivity index (χ2n) is 4.64. The lowest BCUT2D eigenvalue weighted by Crippen LogP contribution is -2.41. The van der Waals surface area contributed by atoms with E-state index < -0.39 is 6.10 Å². The van der Waals surface area contributed by atoms with Crippen molar-refractivity contribution in [1.82, 2.24) is 16.0 Å². The zero-order chi connectivity index (χ0) is 16.9. The van der Waals surface area contributed by atoms with Gasteiger partial charge in [0.2, 0.25) is 0 Å². The maximum absolute atomic E-state index is 11.2. The van der Waals surface area contributed by atoms with Gasteiger partial charge in [0.25, 0.3) is 0 Å². The van der Waals surface area contributed by atoms with Gasteiger partial charge in [-0.25, -0.2) is 4.79 Å². The standard InChI is InChI=1S/C15H22N4O4/c1-22-11-19-15(21)18-7-6-17-9-13(20)10-23-14-5-3-2-4-12(14)8-16/h2-5,13,17,20H,6-7,9-11H2,1H3,(H2,18,19,21). The van der Waals surface area contributed by atoms with Crippen LogP contribution in [0.4, 0.5) is 4.79 Å². The Morgan fingerprint density at radius 1 is 1.35 bits per heavy atom. The molecule has 8 nitrogen and oxygen atoms in total. The SMILES string of the molecule is COCNC(=O)NCCNCC(O)COc1ccccc1C#N. The van der Waals surface area contributed by atoms with Gasteiger partial charge in [-0.2, -0.15) is 5.26 Å². The van der Waals surface area contributed by atoms with Crippen molar-refractivity contribution in [1.29, 1.82) is 5.26 Å². The third-order valence-electron chi connectivity index (χ3n) is 2.78. The molecule has 0 radical (unpaired) electrons. The molecular formula is C15H22N4O4. The Labute approximate surface area is 135 Å². The van der Waals surface area contributed by atoms with Crippen LogP contribution in [0, 0.1) is 11.3 Å². The predicted molar refractivity (Wildman–Crippen MR) is 83.9 cm³/mol. The van der Waals surface area contributed by atoms with Gasteiger partial charge in [-0.1, -0.05) is 12.1 Å². The number of methoxy groups -OCH3 is 1. The Hall–Kier alpha value is -2.34. The van der Waals surface area contributed by atoms with E-state index in [1.54, 1.807) is 24.3 Å². The van der Waals surface area contributed by atoms with Crippen LogP contribution in [0.5, 0.6) is 5.75 Å². The number of nitrogens with zero attached hydrogens (tertiary/aromatic N) is 1. The van der Waals surface area contributed by atoms with Gasteiger partial charge in [-0.15, -0.1) is 0 Å². The Kier molecular flexibility index (Phi) is 9.16. The number of aliphatic hydroxyl groups excluding tert-OH is 1. The number of amides is 2. The first-order valence-electron chi connectivity index (χ1n) is 7.18. The molecule has 23 heavy (non-hydrogen) atoms. The summed E-state index contributed by atoms with van der Waals surface area (Å²) in [5, 5.41) is 26.8. The fourth-order valence-electron chi connectivity index (χ4n) is 1.66. The molecule has 1 aromatic carbocycles. The minimum atomic E-state index is -0.718. The third kappa shape index (κ3) is 8.01. The van der Waals surface area contributed by atoms with Gasteiger partial charge in [0.1, 0.15) is 31.3 Å². The number of aliphatic hydroxyl groups is 1. The van der Waals surface area contributed by atoms with E-state index in [0.717, 1.165) is 0 Å². The highest BCUT2D eigenvalue weighted by Gasteiger charge is 2.07. The number of rotatable bonds is 10. The molecule has 1 rings (SSSR count). The molecule has 0 aromatic heterocycles. The fraction of sp³-hybridized carbons (Fsp3) is 0.467. The predicted octanol–water partition coefficient (Wildman–Crippen LogP) is -0.209. The number of para-hydroxylation sites is 1. The summed E-state index contributed by atoms with van der Waals surface area (Å²) in [6.07, 6.45) is -0.718. The van der Waals surface area contributed by atoms with Gasteiger partial charge in [-0.05, 0) is 12.1 Å². The molecule has 126 valence electrons. The average Bonchev–Trinajstić information content (AvgIpc) is 2.58. The molecule has 1 unspecified atom stereocenters. The van der Waals surface area contributed by atoms with Crippen LogP contribution in [0.25, 0.3) is 0 Å². The maximum Gasteiger partial charge on any atom is 0.316 e. The van der Waals surface area contributed by atoms with Gasteiger partial charge in [0, 0.05) is 26.7 Å². The summed E-state index contributed by atoms with van der Waals surface area (Å²) in [7, 11) is 1.49. The Morgan fingerprint density at radius 2 is 2.13 bits per heavy atom. The average molecular weight is 322 g/mol. The van der Waals surface area contributed by atoms with Crippen LogP contribution in [0.2, 0.25) is 0 Å². The second kappa shape index (κ2) is 11.3. The molecule has 0 aliphatic rings. The summed E-state index contributed by atoms with van der Waals surface area (Å²) in [5.41, 5.74) is 0.430. The highest BCUT2D eigenvalue weighted by atomic mass is 16.5. The number of carbonyl (C=O) groups is 1. The maximum atomic E-state index is 11.2. The largest absolute Gasteiger partial charge is 0.489 e. The van der Waals surface area contributed by atoms with Crippen LogP contribution < -0.4 is 20.7 Å². The molecule has 0 bridgehead atoms. The second-order valence-corrected chi connectivity index (χ2v) is 4.64. The summed E-state index contributed by atoms with van der Waals surface area (Å²) in [5.74, 6) is 0.450. The first kappa shape index (κ1) is 18.7. The third-order valence-corrected chi connectivity index (χ3v) is 2.78. The molecule has 0 aliphatic carbocycles. The number of urea groups is 1. The molecule has 8 heteroatoms. The van der Waals surface area contributed by atoms with Crippen molar-refractivity contribution in [3.63, 3.8) is 0 Å². The van der Waals surface area contributed by atoms with Crippen LogP contribution >= 0.6 is 0 Å². The zero-order valence-corrected chi connectivity index (χ0v) is 13.0. The molecule has 0 aliphatic heterocycles. The van der Waals surface area contributed by atoms with Crippen LogP contribution in [0.3, 0.4) is 0 Å². The van der Waals surface area contributed by atoms with E-state index in [1.165, 1.54) is 7.11 Å². The Morgan fingerprint density at radius 3 is 2.87 bits per heavy atom. The number of hydrogen-bond acceptors (Lipinski definition) is 6. The fourth-order valence-corrected chi connectivity index (χ4v) is 1.66. The van der Waals surface area contributed by atoms with Crippen LogP contribution in [-0.4, -0.2) is 57.3 Å². The molecular weight excluding hydrogens is 300 g/mol. The summed E-state index contributed by atoms with van der Waals surface area (Å²) < 4.78 is 10.1. The van der Waals surface area contributed by atoms with Gasteiger partial charge < -0.3 is 30.5 Å². The van der Waals surface area contributed by atoms with Crippen LogP contribution in [0.15, 0.2) is 24.3 Å². The van der Waals surface area contributed by atoms with E-state index in [2.05, 4.69) is 16.0 Å². The quantitative estimate of drug-likeness (QED) is 0.350. The molecule has 0 saturated heterocycles. The number of ether oxygens (including phenoxy) is 2. The highest BCUT2D eigenvalue weighted by Crippen LogP contribution is 2.16. The summed E-state index contributed by atoms with van der Waals surface area (Å²) in [4.78, 5) is 11.2. The van der Waals surface area contributed by atoms with Crippen molar-refractivity contribution in [3.8, 4) is 11.8 Å². The van der Waals surface area contributed by atoms with Crippen molar-refractivity contribution >= 4 is 6.03 Å². The summed E-state index contributed by atoms with van der Waals surface area (Å²) in [6.45, 7) is 1.47. The lowest BCUT2D eigenvalue weighted by atomic mass is 10.2. The van der Waals surface area contributed by atoms with E-state index in [4.69, 9.17) is 14.7 Å². The molecule has 0 spiro atoms. The molecule has 1 aromatic rings. The van der Waals surface area contributed by atoms with Gasteiger partial charge in [0.15, 0.2) is 0 Å². The number of hydrogen-bond donors (Lipinski definition) is 4. The number of benzene rings is 1. The van der Waals surface area contributed by atoms with Crippen molar-refractivity contribution in [2.45, 2.75) is 6.10 Å². The van der Waals surface area contributed by atoms with Crippen molar-refractivity contribution in [3.05, 3.63) is 29.8 Å². The normalized spacial score (nSPS) is 11.3. The molecule has 0 heterocycles. The first-order chi connectivity index (χ1) is 11.2. The zero-order valence-electron chi connectivity index (χ0n) is 13.0. The monoisotopic (exact) mass is 322 g/mol. The van der Waals surface area contributed by atoms with Crippen molar-refractivity contribution in [2.24, 2.45) is 0 Å². The first-order valence-corrected chi connectivity index (χ1v) is 7.18. The van der Waals surface area contributed by atoms with E-state index in [-0.39, 0.29) is 19.4 Å². The summed E-state index contributed by atoms with van der Waals surface area (Å²) in [6, 6.07) is 8.56. The van der Waals surface area contributed by atoms with Crippen molar-refractivity contribution < 1.29 is 19.4 Å².